The van der Waals surface area contributed by atoms with Gasteiger partial charge in [-0.05, 0) is 45.4 Å². The van der Waals surface area contributed by atoms with Gasteiger partial charge in [-0.3, -0.25) is 0 Å². The van der Waals surface area contributed by atoms with E-state index < -0.39 is 23.2 Å². The van der Waals surface area contributed by atoms with E-state index in [0.29, 0.717) is 6.42 Å². The molecule has 0 aliphatic heterocycles. The molecule has 1 amide bonds. The van der Waals surface area contributed by atoms with Crippen LogP contribution in [0.4, 0.5) is 4.79 Å². The van der Waals surface area contributed by atoms with Gasteiger partial charge in [0.1, 0.15) is 28.8 Å². The van der Waals surface area contributed by atoms with Crippen LogP contribution in [-0.2, 0) is 16.7 Å². The summed E-state index contributed by atoms with van der Waals surface area (Å²) in [7, 11) is 0. The number of carboxylic acids is 1. The van der Waals surface area contributed by atoms with Gasteiger partial charge in [-0.25, -0.2) is 19.6 Å². The molecule has 3 heterocycles. The van der Waals surface area contributed by atoms with E-state index in [1.165, 1.54) is 24.6 Å². The lowest BCUT2D eigenvalue weighted by atomic mass is 9.92. The molecule has 3 aromatic heterocycles. The number of aromatic carboxylic acids is 1. The number of pyridine rings is 1. The second-order valence-corrected chi connectivity index (χ2v) is 9.30. The number of alkyl carbamates (subject to hydrolysis) is 1. The Bertz CT molecular complexity index is 1360. The molecule has 2 N–H and O–H groups in total. The van der Waals surface area contributed by atoms with E-state index in [1.807, 2.05) is 30.3 Å². The van der Waals surface area contributed by atoms with Crippen molar-refractivity contribution in [3.05, 3.63) is 71.9 Å². The van der Waals surface area contributed by atoms with Crippen molar-refractivity contribution in [2.24, 2.45) is 0 Å². The summed E-state index contributed by atoms with van der Waals surface area (Å²) < 4.78 is 16.7. The number of carbonyl (C=O) groups excluding carboxylic acids is 1. The summed E-state index contributed by atoms with van der Waals surface area (Å²) >= 11 is 0. The van der Waals surface area contributed by atoms with Crippen molar-refractivity contribution in [2.45, 2.75) is 45.3 Å². The normalized spacial score (nSPS) is 13.1. The number of nitrogens with one attached hydrogen (secondary N) is 1. The quantitative estimate of drug-likeness (QED) is 0.378. The van der Waals surface area contributed by atoms with Crippen molar-refractivity contribution >= 4 is 12.1 Å². The van der Waals surface area contributed by atoms with E-state index >= 15 is 0 Å². The molecule has 0 radical (unpaired) electrons. The third-order valence-electron chi connectivity index (χ3n) is 5.02. The number of aromatic nitrogens is 4. The number of rotatable bonds is 7. The molecule has 0 bridgehead atoms. The van der Waals surface area contributed by atoms with E-state index in [0.717, 1.165) is 5.56 Å². The highest BCUT2D eigenvalue weighted by Gasteiger charge is 2.37. The molecule has 0 aliphatic rings. The molecule has 186 valence electrons. The Morgan fingerprint density at radius 1 is 1.03 bits per heavy atom. The van der Waals surface area contributed by atoms with Gasteiger partial charge in [0.15, 0.2) is 0 Å². The number of carboxylic acid groups (broad SMARTS) is 1. The Morgan fingerprint density at radius 3 is 2.33 bits per heavy atom. The minimum atomic E-state index is -1.17. The minimum absolute atomic E-state index is 0.0359. The van der Waals surface area contributed by atoms with Crippen LogP contribution in [0.2, 0.25) is 0 Å². The molecule has 11 heteroatoms. The topological polar surface area (TPSA) is 153 Å². The largest absolute Gasteiger partial charge is 0.478 e. The molecule has 1 aromatic carbocycles. The van der Waals surface area contributed by atoms with E-state index in [-0.39, 0.29) is 34.6 Å². The molecule has 0 unspecified atom stereocenters. The SMILES string of the molecule is CC(C)(C)OC(=O)N[C@](C)(Cc1ccccc1)c1nnc(-c2cc(C(=O)O)cc(-c3ncco3)n2)o1. The van der Waals surface area contributed by atoms with Crippen molar-refractivity contribution in [3.63, 3.8) is 0 Å². The molecule has 0 aliphatic carbocycles. The molecule has 1 atom stereocenters. The highest BCUT2D eigenvalue weighted by molar-refractivity contribution is 5.89. The van der Waals surface area contributed by atoms with Gasteiger partial charge >= 0.3 is 12.1 Å². The summed E-state index contributed by atoms with van der Waals surface area (Å²) in [5.41, 5.74) is -0.713. The molecule has 0 saturated heterocycles. The monoisotopic (exact) mass is 491 g/mol. The molecular weight excluding hydrogens is 466 g/mol. The van der Waals surface area contributed by atoms with Crippen LogP contribution in [-0.4, -0.2) is 42.9 Å². The Morgan fingerprint density at radius 2 is 1.72 bits per heavy atom. The standard InChI is InChI=1S/C25H25N5O6/c1-24(2,3)36-23(33)28-25(4,14-15-8-6-5-7-9-15)22-30-29-20(35-22)18-13-16(21(31)32)12-17(27-18)19-26-10-11-34-19/h5-13H,14H2,1-4H3,(H,28,33)(H,31,32)/t25-/m1/s1. The van der Waals surface area contributed by atoms with Crippen LogP contribution in [0.15, 0.2) is 63.8 Å². The number of oxazole rings is 1. The maximum absolute atomic E-state index is 12.7. The number of amides is 1. The highest BCUT2D eigenvalue weighted by atomic mass is 16.6. The van der Waals surface area contributed by atoms with Crippen molar-refractivity contribution in [2.75, 3.05) is 0 Å². The second-order valence-electron chi connectivity index (χ2n) is 9.30. The summed E-state index contributed by atoms with van der Waals surface area (Å²) in [4.78, 5) is 32.8. The van der Waals surface area contributed by atoms with Gasteiger partial charge in [-0.2, -0.15) is 0 Å². The zero-order chi connectivity index (χ0) is 25.9. The van der Waals surface area contributed by atoms with Crippen molar-refractivity contribution in [1.82, 2.24) is 25.5 Å². The first-order valence-electron chi connectivity index (χ1n) is 11.1. The number of hydrogen-bond donors (Lipinski definition) is 2. The van der Waals surface area contributed by atoms with Gasteiger partial charge in [0.25, 0.3) is 5.89 Å². The first kappa shape index (κ1) is 24.6. The summed E-state index contributed by atoms with van der Waals surface area (Å²) in [6.07, 6.45) is 2.44. The molecule has 4 aromatic rings. The van der Waals surface area contributed by atoms with Crippen LogP contribution in [0.25, 0.3) is 23.2 Å². The highest BCUT2D eigenvalue weighted by Crippen LogP contribution is 2.29. The molecule has 0 fully saturated rings. The van der Waals surface area contributed by atoms with E-state index in [9.17, 15) is 14.7 Å². The van der Waals surface area contributed by atoms with E-state index in [1.54, 1.807) is 27.7 Å². The van der Waals surface area contributed by atoms with Gasteiger partial charge in [-0.1, -0.05) is 30.3 Å². The molecular formula is C25H25N5O6. The molecule has 0 spiro atoms. The Hall–Kier alpha value is -4.54. The fourth-order valence-electron chi connectivity index (χ4n) is 3.48. The lowest BCUT2D eigenvalue weighted by Crippen LogP contribution is -2.47. The van der Waals surface area contributed by atoms with Crippen LogP contribution in [0.1, 0.15) is 49.5 Å². The molecule has 11 nitrogen and oxygen atoms in total. The summed E-state index contributed by atoms with van der Waals surface area (Å²) in [6.45, 7) is 7.02. The van der Waals surface area contributed by atoms with Gasteiger partial charge < -0.3 is 24.0 Å². The van der Waals surface area contributed by atoms with Gasteiger partial charge in [0.05, 0.1) is 11.8 Å². The number of benzene rings is 1. The first-order valence-corrected chi connectivity index (χ1v) is 11.1. The second kappa shape index (κ2) is 9.61. The van der Waals surface area contributed by atoms with Crippen LogP contribution < -0.4 is 5.32 Å². The lowest BCUT2D eigenvalue weighted by molar-refractivity contribution is 0.0443. The maximum atomic E-state index is 12.7. The number of hydrogen-bond acceptors (Lipinski definition) is 9. The summed E-state index contributed by atoms with van der Waals surface area (Å²) in [6, 6.07) is 12.1. The Balaban J connectivity index is 1.72. The first-order chi connectivity index (χ1) is 17.0. The van der Waals surface area contributed by atoms with Gasteiger partial charge in [0, 0.05) is 6.42 Å². The Labute approximate surface area is 206 Å². The van der Waals surface area contributed by atoms with E-state index in [4.69, 9.17) is 13.6 Å². The van der Waals surface area contributed by atoms with Crippen LogP contribution in [0, 0.1) is 0 Å². The number of ether oxygens (including phenoxy) is 1. The van der Waals surface area contributed by atoms with Crippen LogP contribution >= 0.6 is 0 Å². The van der Waals surface area contributed by atoms with Crippen molar-refractivity contribution in [3.8, 4) is 23.2 Å². The number of carbonyl (C=O) groups is 2. The fourth-order valence-corrected chi connectivity index (χ4v) is 3.48. The number of nitrogens with zero attached hydrogens (tertiary/aromatic N) is 4. The lowest BCUT2D eigenvalue weighted by Gasteiger charge is -2.29. The molecule has 36 heavy (non-hydrogen) atoms. The summed E-state index contributed by atoms with van der Waals surface area (Å²) in [5.74, 6) is -0.982. The smallest absolute Gasteiger partial charge is 0.408 e. The Kier molecular flexibility index (Phi) is 6.56. The van der Waals surface area contributed by atoms with Gasteiger partial charge in [-0.15, -0.1) is 10.2 Å². The average Bonchev–Trinajstić information content (AvgIpc) is 3.51. The summed E-state index contributed by atoms with van der Waals surface area (Å²) in [5, 5.41) is 20.7. The average molecular weight is 492 g/mol. The zero-order valence-corrected chi connectivity index (χ0v) is 20.2. The minimum Gasteiger partial charge on any atom is -0.478 e. The van der Waals surface area contributed by atoms with Crippen molar-refractivity contribution in [1.29, 1.82) is 0 Å². The fraction of sp³-hybridized carbons (Fsp3) is 0.280. The predicted molar refractivity (Wildman–Crippen MR) is 127 cm³/mol. The molecule has 0 saturated carbocycles. The van der Waals surface area contributed by atoms with Crippen molar-refractivity contribution < 1.29 is 28.3 Å². The third kappa shape index (κ3) is 5.74. The maximum Gasteiger partial charge on any atom is 0.408 e. The van der Waals surface area contributed by atoms with Crippen LogP contribution in [0.5, 0.6) is 0 Å². The molecule has 4 rings (SSSR count). The van der Waals surface area contributed by atoms with E-state index in [2.05, 4.69) is 25.5 Å². The zero-order valence-electron chi connectivity index (χ0n) is 20.2. The van der Waals surface area contributed by atoms with Gasteiger partial charge in [0.2, 0.25) is 11.8 Å². The predicted octanol–water partition coefficient (Wildman–Crippen LogP) is 4.47. The van der Waals surface area contributed by atoms with Crippen LogP contribution in [0.3, 0.4) is 0 Å². The third-order valence-corrected chi connectivity index (χ3v) is 5.02.